The minimum atomic E-state index is 0.0795. The maximum absolute atomic E-state index is 11.4. The minimum Gasteiger partial charge on any atom is -0.355 e. The van der Waals surface area contributed by atoms with Crippen molar-refractivity contribution in [3.63, 3.8) is 0 Å². The number of carbonyl (C=O) groups excluding carboxylic acids is 1. The molecule has 2 N–H and O–H groups in total. The van der Waals surface area contributed by atoms with Crippen molar-refractivity contribution in [1.29, 1.82) is 0 Å². The lowest BCUT2D eigenvalue weighted by Gasteiger charge is -2.07. The van der Waals surface area contributed by atoms with Crippen LogP contribution in [0.15, 0.2) is 16.8 Å². The third-order valence-electron chi connectivity index (χ3n) is 2.24. The van der Waals surface area contributed by atoms with E-state index in [0.29, 0.717) is 12.5 Å². The van der Waals surface area contributed by atoms with Crippen LogP contribution in [0.3, 0.4) is 0 Å². The van der Waals surface area contributed by atoms with Crippen molar-refractivity contribution in [3.8, 4) is 0 Å². The van der Waals surface area contributed by atoms with Crippen LogP contribution < -0.4 is 10.6 Å². The smallest absolute Gasteiger partial charge is 0.233 e. The molecule has 0 radical (unpaired) electrons. The van der Waals surface area contributed by atoms with Gasteiger partial charge in [0.15, 0.2) is 0 Å². The van der Waals surface area contributed by atoms with Crippen LogP contribution >= 0.6 is 11.3 Å². The van der Waals surface area contributed by atoms with Gasteiger partial charge < -0.3 is 10.6 Å². The zero-order valence-corrected chi connectivity index (χ0v) is 10.8. The number of thiophene rings is 1. The Bertz CT molecular complexity index is 296. The van der Waals surface area contributed by atoms with Gasteiger partial charge in [-0.1, -0.05) is 13.8 Å². The van der Waals surface area contributed by atoms with Gasteiger partial charge in [-0.25, -0.2) is 0 Å². The molecule has 3 nitrogen and oxygen atoms in total. The van der Waals surface area contributed by atoms with Crippen LogP contribution in [-0.2, 0) is 11.3 Å². The highest BCUT2D eigenvalue weighted by atomic mass is 32.1. The van der Waals surface area contributed by atoms with Crippen LogP contribution in [0.1, 0.15) is 25.8 Å². The van der Waals surface area contributed by atoms with E-state index in [-0.39, 0.29) is 5.91 Å². The first-order valence-corrected chi connectivity index (χ1v) is 6.61. The molecule has 4 heteroatoms. The summed E-state index contributed by atoms with van der Waals surface area (Å²) in [6.07, 6.45) is 1.04. The highest BCUT2D eigenvalue weighted by Crippen LogP contribution is 2.04. The monoisotopic (exact) mass is 240 g/mol. The van der Waals surface area contributed by atoms with E-state index in [1.165, 1.54) is 5.56 Å². The quantitative estimate of drug-likeness (QED) is 0.765. The lowest BCUT2D eigenvalue weighted by molar-refractivity contribution is -0.120. The van der Waals surface area contributed by atoms with Gasteiger partial charge in [0.25, 0.3) is 0 Å². The highest BCUT2D eigenvalue weighted by molar-refractivity contribution is 7.07. The van der Waals surface area contributed by atoms with E-state index in [2.05, 4.69) is 35.9 Å². The van der Waals surface area contributed by atoms with Gasteiger partial charge in [0, 0.05) is 13.1 Å². The molecule has 1 aromatic rings. The average Bonchev–Trinajstić information content (AvgIpc) is 2.70. The number of nitrogens with one attached hydrogen (secondary N) is 2. The lowest BCUT2D eigenvalue weighted by Crippen LogP contribution is -2.34. The fourth-order valence-corrected chi connectivity index (χ4v) is 1.94. The second-order valence-corrected chi connectivity index (χ2v) is 5.05. The van der Waals surface area contributed by atoms with Crippen molar-refractivity contribution < 1.29 is 4.79 Å². The molecular weight excluding hydrogens is 220 g/mol. The molecule has 0 spiro atoms. The Morgan fingerprint density at radius 3 is 2.94 bits per heavy atom. The van der Waals surface area contributed by atoms with Gasteiger partial charge in [-0.3, -0.25) is 4.79 Å². The number of rotatable bonds is 7. The zero-order chi connectivity index (χ0) is 11.8. The number of hydrogen-bond acceptors (Lipinski definition) is 3. The van der Waals surface area contributed by atoms with Crippen molar-refractivity contribution in [2.45, 2.75) is 26.8 Å². The third kappa shape index (κ3) is 5.88. The third-order valence-corrected chi connectivity index (χ3v) is 2.97. The molecule has 1 amide bonds. The second kappa shape index (κ2) is 7.41. The molecule has 1 rings (SSSR count). The van der Waals surface area contributed by atoms with Crippen molar-refractivity contribution in [2.75, 3.05) is 13.1 Å². The fourth-order valence-electron chi connectivity index (χ4n) is 1.28. The molecule has 0 saturated carbocycles. The van der Waals surface area contributed by atoms with E-state index >= 15 is 0 Å². The molecule has 0 aliphatic carbocycles. The number of amides is 1. The van der Waals surface area contributed by atoms with Crippen molar-refractivity contribution in [3.05, 3.63) is 22.4 Å². The lowest BCUT2D eigenvalue weighted by atomic mass is 10.1. The Labute approximate surface area is 101 Å². The fraction of sp³-hybridized carbons (Fsp3) is 0.583. The topological polar surface area (TPSA) is 41.1 Å². The van der Waals surface area contributed by atoms with E-state index in [9.17, 15) is 4.79 Å². The molecule has 0 unspecified atom stereocenters. The predicted molar refractivity (Wildman–Crippen MR) is 68.5 cm³/mol. The van der Waals surface area contributed by atoms with Crippen LogP contribution in [0, 0.1) is 5.92 Å². The molecule has 90 valence electrons. The largest absolute Gasteiger partial charge is 0.355 e. The molecule has 16 heavy (non-hydrogen) atoms. The predicted octanol–water partition coefficient (Wildman–Crippen LogP) is 2.00. The first kappa shape index (κ1) is 13.2. The van der Waals surface area contributed by atoms with Gasteiger partial charge in [-0.15, -0.1) is 0 Å². The first-order valence-electron chi connectivity index (χ1n) is 5.67. The SMILES string of the molecule is CC(C)CCNC(=O)CNCc1ccsc1. The summed E-state index contributed by atoms with van der Waals surface area (Å²) in [6, 6.07) is 2.06. The Hall–Kier alpha value is -0.870. The molecular formula is C12H20N2OS. The molecule has 1 aromatic heterocycles. The highest BCUT2D eigenvalue weighted by Gasteiger charge is 2.01. The molecule has 0 bridgehead atoms. The Kier molecular flexibility index (Phi) is 6.11. The van der Waals surface area contributed by atoms with Crippen LogP contribution in [0.5, 0.6) is 0 Å². The van der Waals surface area contributed by atoms with E-state index in [1.807, 2.05) is 5.38 Å². The minimum absolute atomic E-state index is 0.0795. The standard InChI is InChI=1S/C12H20N2OS/c1-10(2)3-5-14-12(15)8-13-7-11-4-6-16-9-11/h4,6,9-10,13H,3,5,7-8H2,1-2H3,(H,14,15). The van der Waals surface area contributed by atoms with Crippen molar-refractivity contribution in [1.82, 2.24) is 10.6 Å². The Morgan fingerprint density at radius 2 is 2.31 bits per heavy atom. The molecule has 0 saturated heterocycles. The van der Waals surface area contributed by atoms with Crippen LogP contribution in [-0.4, -0.2) is 19.0 Å². The van der Waals surface area contributed by atoms with Gasteiger partial charge in [-0.05, 0) is 34.7 Å². The van der Waals surface area contributed by atoms with Crippen LogP contribution in [0.4, 0.5) is 0 Å². The van der Waals surface area contributed by atoms with Gasteiger partial charge in [0.05, 0.1) is 6.54 Å². The summed E-state index contributed by atoms with van der Waals surface area (Å²) in [4.78, 5) is 11.4. The Morgan fingerprint density at radius 1 is 1.50 bits per heavy atom. The number of carbonyl (C=O) groups is 1. The molecule has 0 aromatic carbocycles. The summed E-state index contributed by atoms with van der Waals surface area (Å²) in [5.41, 5.74) is 1.24. The summed E-state index contributed by atoms with van der Waals surface area (Å²) in [7, 11) is 0. The van der Waals surface area contributed by atoms with Gasteiger partial charge in [0.1, 0.15) is 0 Å². The average molecular weight is 240 g/mol. The zero-order valence-electron chi connectivity index (χ0n) is 9.95. The summed E-state index contributed by atoms with van der Waals surface area (Å²) in [6.45, 7) is 6.24. The maximum Gasteiger partial charge on any atom is 0.233 e. The summed E-state index contributed by atoms with van der Waals surface area (Å²) < 4.78 is 0. The molecule has 0 atom stereocenters. The second-order valence-electron chi connectivity index (χ2n) is 4.27. The van der Waals surface area contributed by atoms with E-state index in [1.54, 1.807) is 11.3 Å². The summed E-state index contributed by atoms with van der Waals surface area (Å²) in [5, 5.41) is 10.1. The van der Waals surface area contributed by atoms with Crippen molar-refractivity contribution >= 4 is 17.2 Å². The van der Waals surface area contributed by atoms with Gasteiger partial charge >= 0.3 is 0 Å². The van der Waals surface area contributed by atoms with E-state index in [0.717, 1.165) is 19.5 Å². The van der Waals surface area contributed by atoms with Crippen LogP contribution in [0.25, 0.3) is 0 Å². The summed E-state index contributed by atoms with van der Waals surface area (Å²) in [5.74, 6) is 0.718. The first-order chi connectivity index (χ1) is 7.68. The molecule has 1 heterocycles. The van der Waals surface area contributed by atoms with Gasteiger partial charge in [-0.2, -0.15) is 11.3 Å². The Balaban J connectivity index is 2.02. The maximum atomic E-state index is 11.4. The molecule has 0 fully saturated rings. The van der Waals surface area contributed by atoms with E-state index in [4.69, 9.17) is 0 Å². The van der Waals surface area contributed by atoms with Gasteiger partial charge in [0.2, 0.25) is 5.91 Å². The van der Waals surface area contributed by atoms with E-state index < -0.39 is 0 Å². The molecule has 0 aliphatic rings. The normalized spacial score (nSPS) is 10.7. The summed E-state index contributed by atoms with van der Waals surface area (Å²) >= 11 is 1.67. The number of hydrogen-bond donors (Lipinski definition) is 2. The van der Waals surface area contributed by atoms with Crippen LogP contribution in [0.2, 0.25) is 0 Å². The molecule has 0 aliphatic heterocycles. The van der Waals surface area contributed by atoms with Crippen molar-refractivity contribution in [2.24, 2.45) is 5.92 Å².